The van der Waals surface area contributed by atoms with Crippen molar-refractivity contribution in [3.63, 3.8) is 0 Å². The van der Waals surface area contributed by atoms with Gasteiger partial charge in [0, 0.05) is 10.9 Å². The van der Waals surface area contributed by atoms with Crippen molar-refractivity contribution in [2.75, 3.05) is 0 Å². The quantitative estimate of drug-likeness (QED) is 0.645. The first kappa shape index (κ1) is 7.62. The third-order valence-electron chi connectivity index (χ3n) is 1.96. The summed E-state index contributed by atoms with van der Waals surface area (Å²) in [5.41, 5.74) is 1.52. The molecular weight excluding hydrogens is 177 g/mol. The smallest absolute Gasteiger partial charge is 0.132 e. The van der Waals surface area contributed by atoms with Crippen LogP contribution in [0, 0.1) is 12.7 Å². The topological polar surface area (TPSA) is 15.8 Å². The molecule has 0 spiro atoms. The zero-order valence-corrected chi connectivity index (χ0v) is 7.24. The number of nitrogens with one attached hydrogen (secondary N) is 1. The highest BCUT2D eigenvalue weighted by Gasteiger charge is 2.08. The molecule has 1 heterocycles. The summed E-state index contributed by atoms with van der Waals surface area (Å²) in [6.07, 6.45) is 0. The Labute approximate surface area is 74.2 Å². The highest BCUT2D eigenvalue weighted by atomic mass is 35.5. The van der Waals surface area contributed by atoms with Crippen molar-refractivity contribution in [1.29, 1.82) is 0 Å². The second-order valence-corrected chi connectivity index (χ2v) is 3.10. The van der Waals surface area contributed by atoms with Gasteiger partial charge < -0.3 is 4.98 Å². The largest absolute Gasteiger partial charge is 0.345 e. The van der Waals surface area contributed by atoms with E-state index in [-0.39, 0.29) is 5.82 Å². The maximum atomic E-state index is 13.2. The molecule has 0 fully saturated rings. The van der Waals surface area contributed by atoms with Gasteiger partial charge >= 0.3 is 0 Å². The van der Waals surface area contributed by atoms with Gasteiger partial charge in [0.25, 0.3) is 0 Å². The molecule has 2 aromatic rings. The first-order valence-electron chi connectivity index (χ1n) is 3.62. The predicted octanol–water partition coefficient (Wildman–Crippen LogP) is 3.27. The second-order valence-electron chi connectivity index (χ2n) is 2.73. The standard InChI is InChI=1S/C9H7ClFN/c1-5-8-6(11)3-2-4-7(8)12-9(5)10/h2-4,12H,1H3. The van der Waals surface area contributed by atoms with Crippen LogP contribution in [0.1, 0.15) is 5.56 Å². The highest BCUT2D eigenvalue weighted by molar-refractivity contribution is 6.31. The summed E-state index contributed by atoms with van der Waals surface area (Å²) in [5.74, 6) is -0.229. The molecular formula is C9H7ClFN. The monoisotopic (exact) mass is 183 g/mol. The molecule has 1 aromatic heterocycles. The summed E-state index contributed by atoms with van der Waals surface area (Å²) >= 11 is 5.80. The minimum absolute atomic E-state index is 0.229. The van der Waals surface area contributed by atoms with E-state index in [2.05, 4.69) is 4.98 Å². The Balaban J connectivity index is 2.97. The van der Waals surface area contributed by atoms with Gasteiger partial charge in [-0.3, -0.25) is 0 Å². The first-order chi connectivity index (χ1) is 5.70. The van der Waals surface area contributed by atoms with Crippen LogP contribution in [-0.4, -0.2) is 4.98 Å². The fourth-order valence-electron chi connectivity index (χ4n) is 1.33. The number of hydrogen-bond acceptors (Lipinski definition) is 0. The average Bonchev–Trinajstić information content (AvgIpc) is 2.29. The van der Waals surface area contributed by atoms with E-state index in [1.165, 1.54) is 6.07 Å². The van der Waals surface area contributed by atoms with Crippen LogP contribution in [0.2, 0.25) is 5.15 Å². The summed E-state index contributed by atoms with van der Waals surface area (Å²) in [5, 5.41) is 1.10. The summed E-state index contributed by atoms with van der Waals surface area (Å²) in [7, 11) is 0. The number of aromatic amines is 1. The van der Waals surface area contributed by atoms with E-state index < -0.39 is 0 Å². The van der Waals surface area contributed by atoms with E-state index in [1.54, 1.807) is 19.1 Å². The van der Waals surface area contributed by atoms with Gasteiger partial charge in [0.2, 0.25) is 0 Å². The van der Waals surface area contributed by atoms with Gasteiger partial charge in [0.15, 0.2) is 0 Å². The summed E-state index contributed by atoms with van der Waals surface area (Å²) in [4.78, 5) is 2.89. The van der Waals surface area contributed by atoms with Gasteiger partial charge in [0.1, 0.15) is 11.0 Å². The molecule has 0 aliphatic carbocycles. The molecule has 3 heteroatoms. The Morgan fingerprint density at radius 1 is 1.42 bits per heavy atom. The van der Waals surface area contributed by atoms with Crippen LogP contribution >= 0.6 is 11.6 Å². The molecule has 0 atom stereocenters. The third kappa shape index (κ3) is 0.916. The molecule has 0 bridgehead atoms. The fraction of sp³-hybridized carbons (Fsp3) is 0.111. The van der Waals surface area contributed by atoms with E-state index in [0.717, 1.165) is 11.1 Å². The number of H-pyrrole nitrogens is 1. The van der Waals surface area contributed by atoms with Crippen molar-refractivity contribution in [3.05, 3.63) is 34.7 Å². The van der Waals surface area contributed by atoms with Crippen LogP contribution in [0.15, 0.2) is 18.2 Å². The number of benzene rings is 1. The van der Waals surface area contributed by atoms with Gasteiger partial charge in [-0.2, -0.15) is 0 Å². The highest BCUT2D eigenvalue weighted by Crippen LogP contribution is 2.26. The summed E-state index contributed by atoms with van der Waals surface area (Å²) in [6.45, 7) is 1.80. The van der Waals surface area contributed by atoms with Crippen LogP contribution in [0.25, 0.3) is 10.9 Å². The molecule has 12 heavy (non-hydrogen) atoms. The van der Waals surface area contributed by atoms with E-state index in [1.807, 2.05) is 0 Å². The Hall–Kier alpha value is -1.02. The van der Waals surface area contributed by atoms with Crippen LogP contribution < -0.4 is 0 Å². The van der Waals surface area contributed by atoms with Crippen molar-refractivity contribution >= 4 is 22.5 Å². The van der Waals surface area contributed by atoms with Crippen molar-refractivity contribution in [1.82, 2.24) is 4.98 Å². The molecule has 1 aromatic carbocycles. The van der Waals surface area contributed by atoms with Crippen molar-refractivity contribution < 1.29 is 4.39 Å². The minimum Gasteiger partial charge on any atom is -0.345 e. The molecule has 2 rings (SSSR count). The van der Waals surface area contributed by atoms with Crippen molar-refractivity contribution in [2.24, 2.45) is 0 Å². The first-order valence-corrected chi connectivity index (χ1v) is 4.00. The molecule has 0 amide bonds. The lowest BCUT2D eigenvalue weighted by Crippen LogP contribution is -1.75. The van der Waals surface area contributed by atoms with E-state index in [9.17, 15) is 4.39 Å². The molecule has 62 valence electrons. The molecule has 0 radical (unpaired) electrons. The Morgan fingerprint density at radius 3 is 2.83 bits per heavy atom. The van der Waals surface area contributed by atoms with Gasteiger partial charge in [-0.1, -0.05) is 17.7 Å². The minimum atomic E-state index is -0.229. The lowest BCUT2D eigenvalue weighted by Gasteiger charge is -1.91. The molecule has 1 nitrogen and oxygen atoms in total. The fourth-order valence-corrected chi connectivity index (χ4v) is 1.53. The van der Waals surface area contributed by atoms with Crippen LogP contribution in [0.5, 0.6) is 0 Å². The normalized spacial score (nSPS) is 10.9. The van der Waals surface area contributed by atoms with Gasteiger partial charge in [0.05, 0.1) is 0 Å². The van der Waals surface area contributed by atoms with Gasteiger partial charge in [-0.15, -0.1) is 0 Å². The predicted molar refractivity (Wildman–Crippen MR) is 48.0 cm³/mol. The molecule has 0 aliphatic heterocycles. The van der Waals surface area contributed by atoms with E-state index in [0.29, 0.717) is 10.5 Å². The summed E-state index contributed by atoms with van der Waals surface area (Å²) in [6, 6.07) is 4.89. The lowest BCUT2D eigenvalue weighted by molar-refractivity contribution is 0.639. The average molecular weight is 184 g/mol. The van der Waals surface area contributed by atoms with E-state index >= 15 is 0 Å². The van der Waals surface area contributed by atoms with Crippen molar-refractivity contribution in [2.45, 2.75) is 6.92 Å². The van der Waals surface area contributed by atoms with Gasteiger partial charge in [-0.05, 0) is 24.6 Å². The zero-order chi connectivity index (χ0) is 8.72. The molecule has 0 saturated heterocycles. The zero-order valence-electron chi connectivity index (χ0n) is 6.49. The number of rotatable bonds is 0. The maximum Gasteiger partial charge on any atom is 0.132 e. The van der Waals surface area contributed by atoms with Crippen LogP contribution in [0.3, 0.4) is 0 Å². The molecule has 0 unspecified atom stereocenters. The summed E-state index contributed by atoms with van der Waals surface area (Å²) < 4.78 is 13.2. The van der Waals surface area contributed by atoms with E-state index in [4.69, 9.17) is 11.6 Å². The number of aromatic nitrogens is 1. The lowest BCUT2D eigenvalue weighted by atomic mass is 10.2. The molecule has 0 aliphatic rings. The van der Waals surface area contributed by atoms with Crippen LogP contribution in [-0.2, 0) is 0 Å². The third-order valence-corrected chi connectivity index (χ3v) is 2.34. The number of aryl methyl sites for hydroxylation is 1. The Kier molecular flexibility index (Phi) is 1.58. The number of hydrogen-bond donors (Lipinski definition) is 1. The SMILES string of the molecule is Cc1c(Cl)[nH]c2cccc(F)c12. The van der Waals surface area contributed by atoms with Crippen LogP contribution in [0.4, 0.5) is 4.39 Å². The molecule has 0 saturated carbocycles. The maximum absolute atomic E-state index is 13.2. The Bertz CT molecular complexity index is 433. The second kappa shape index (κ2) is 2.49. The number of fused-ring (bicyclic) bond motifs is 1. The molecule has 1 N–H and O–H groups in total. The Morgan fingerprint density at radius 2 is 2.17 bits per heavy atom. The van der Waals surface area contributed by atoms with Gasteiger partial charge in [-0.25, -0.2) is 4.39 Å². The van der Waals surface area contributed by atoms with Crippen molar-refractivity contribution in [3.8, 4) is 0 Å². The number of halogens is 2.